The van der Waals surface area contributed by atoms with Crippen LogP contribution in [0.15, 0.2) is 54.6 Å². The monoisotopic (exact) mass is 323 g/mol. The molecule has 3 rings (SSSR count). The summed E-state index contributed by atoms with van der Waals surface area (Å²) in [5.74, 6) is 0.642. The van der Waals surface area contributed by atoms with Crippen molar-refractivity contribution in [3.05, 3.63) is 76.0 Å². The van der Waals surface area contributed by atoms with E-state index in [4.69, 9.17) is 4.74 Å². The van der Waals surface area contributed by atoms with Gasteiger partial charge in [-0.2, -0.15) is 9.78 Å². The Labute approximate surface area is 137 Å². The number of ether oxygens (including phenoxy) is 1. The number of carbonyl (C=O) groups excluding carboxylic acids is 1. The van der Waals surface area contributed by atoms with Crippen molar-refractivity contribution in [2.24, 2.45) is 0 Å². The highest BCUT2D eigenvalue weighted by Gasteiger charge is 2.18. The summed E-state index contributed by atoms with van der Waals surface area (Å²) >= 11 is 0. The molecule has 0 aliphatic rings. The lowest BCUT2D eigenvalue weighted by atomic mass is 10.2. The quantitative estimate of drug-likeness (QED) is 0.406. The number of aromatic nitrogens is 2. The second-order valence-electron chi connectivity index (χ2n) is 5.02. The van der Waals surface area contributed by atoms with Crippen LogP contribution in [0, 0.1) is 17.0 Å². The van der Waals surface area contributed by atoms with Crippen LogP contribution in [0.1, 0.15) is 16.1 Å². The van der Waals surface area contributed by atoms with Crippen molar-refractivity contribution in [1.29, 1.82) is 0 Å². The minimum atomic E-state index is -0.487. The third kappa shape index (κ3) is 2.87. The van der Waals surface area contributed by atoms with Gasteiger partial charge in [-0.1, -0.05) is 18.2 Å². The Balaban J connectivity index is 2.03. The van der Waals surface area contributed by atoms with E-state index in [2.05, 4.69) is 5.10 Å². The molecule has 24 heavy (non-hydrogen) atoms. The van der Waals surface area contributed by atoms with Gasteiger partial charge in [-0.25, -0.2) is 0 Å². The average molecular weight is 323 g/mol. The Bertz CT molecular complexity index is 886. The third-order valence-corrected chi connectivity index (χ3v) is 3.44. The van der Waals surface area contributed by atoms with E-state index >= 15 is 0 Å². The molecular formula is C17H13N3O4. The standard InChI is InChI=1S/C17H13N3O4/c1-12-16(11-21)17(19(18-12)13-5-3-2-4-6-13)24-15-9-7-14(8-10-15)20(22)23/h2-11H,1H3. The van der Waals surface area contributed by atoms with E-state index in [-0.39, 0.29) is 11.6 Å². The van der Waals surface area contributed by atoms with Gasteiger partial charge in [0, 0.05) is 12.1 Å². The summed E-state index contributed by atoms with van der Waals surface area (Å²) in [5.41, 5.74) is 1.57. The molecule has 0 spiro atoms. The molecule has 0 unspecified atom stereocenters. The molecule has 120 valence electrons. The smallest absolute Gasteiger partial charge is 0.269 e. The third-order valence-electron chi connectivity index (χ3n) is 3.44. The first kappa shape index (κ1) is 15.4. The first-order valence-electron chi connectivity index (χ1n) is 7.12. The molecule has 0 N–H and O–H groups in total. The van der Waals surface area contributed by atoms with Crippen molar-refractivity contribution in [2.45, 2.75) is 6.92 Å². The van der Waals surface area contributed by atoms with E-state index in [1.807, 2.05) is 30.3 Å². The predicted octanol–water partition coefficient (Wildman–Crippen LogP) is 3.69. The normalized spacial score (nSPS) is 10.4. The molecule has 0 radical (unpaired) electrons. The molecule has 0 fully saturated rings. The Morgan fingerprint density at radius 3 is 2.38 bits per heavy atom. The first-order chi connectivity index (χ1) is 11.6. The zero-order valence-corrected chi connectivity index (χ0v) is 12.7. The Morgan fingerprint density at radius 2 is 1.79 bits per heavy atom. The predicted molar refractivity (Wildman–Crippen MR) is 86.9 cm³/mol. The van der Waals surface area contributed by atoms with Crippen LogP contribution in [-0.2, 0) is 0 Å². The van der Waals surface area contributed by atoms with Gasteiger partial charge in [0.1, 0.15) is 5.75 Å². The van der Waals surface area contributed by atoms with Gasteiger partial charge in [-0.15, -0.1) is 0 Å². The van der Waals surface area contributed by atoms with Gasteiger partial charge in [0.15, 0.2) is 6.29 Å². The van der Waals surface area contributed by atoms with Gasteiger partial charge in [-0.05, 0) is 31.2 Å². The zero-order valence-electron chi connectivity index (χ0n) is 12.7. The summed E-state index contributed by atoms with van der Waals surface area (Å²) in [6.07, 6.45) is 0.683. The molecule has 7 heteroatoms. The lowest BCUT2D eigenvalue weighted by molar-refractivity contribution is -0.384. The van der Waals surface area contributed by atoms with E-state index in [1.165, 1.54) is 28.9 Å². The molecule has 0 amide bonds. The van der Waals surface area contributed by atoms with Crippen molar-refractivity contribution in [3.8, 4) is 17.3 Å². The summed E-state index contributed by atoms with van der Waals surface area (Å²) in [6, 6.07) is 14.9. The summed E-state index contributed by atoms with van der Waals surface area (Å²) < 4.78 is 7.32. The second-order valence-corrected chi connectivity index (χ2v) is 5.02. The van der Waals surface area contributed by atoms with Crippen molar-refractivity contribution >= 4 is 12.0 Å². The first-order valence-corrected chi connectivity index (χ1v) is 7.12. The van der Waals surface area contributed by atoms with Crippen LogP contribution in [0.2, 0.25) is 0 Å². The van der Waals surface area contributed by atoms with Crippen LogP contribution in [0.5, 0.6) is 11.6 Å². The molecule has 2 aromatic carbocycles. The van der Waals surface area contributed by atoms with Gasteiger partial charge in [0.2, 0.25) is 5.88 Å². The van der Waals surface area contributed by atoms with Crippen molar-refractivity contribution in [2.75, 3.05) is 0 Å². The average Bonchev–Trinajstić information content (AvgIpc) is 2.91. The molecule has 3 aromatic rings. The molecule has 1 heterocycles. The molecule has 0 atom stereocenters. The number of carbonyl (C=O) groups is 1. The maximum atomic E-state index is 11.4. The number of non-ortho nitro benzene ring substituents is 1. The van der Waals surface area contributed by atoms with E-state index in [0.29, 0.717) is 23.3 Å². The highest BCUT2D eigenvalue weighted by atomic mass is 16.6. The number of nitro benzene ring substituents is 1. The van der Waals surface area contributed by atoms with Gasteiger partial charge in [0.05, 0.1) is 21.9 Å². The number of hydrogen-bond acceptors (Lipinski definition) is 5. The largest absolute Gasteiger partial charge is 0.438 e. The van der Waals surface area contributed by atoms with Gasteiger partial charge >= 0.3 is 0 Å². The maximum Gasteiger partial charge on any atom is 0.269 e. The second kappa shape index (κ2) is 6.33. The van der Waals surface area contributed by atoms with Crippen LogP contribution >= 0.6 is 0 Å². The summed E-state index contributed by atoms with van der Waals surface area (Å²) in [7, 11) is 0. The number of aryl methyl sites for hydroxylation is 1. The number of rotatable bonds is 5. The number of nitrogens with zero attached hydrogens (tertiary/aromatic N) is 3. The van der Waals surface area contributed by atoms with E-state index in [0.717, 1.165) is 5.69 Å². The highest BCUT2D eigenvalue weighted by Crippen LogP contribution is 2.30. The van der Waals surface area contributed by atoms with Crippen molar-refractivity contribution in [1.82, 2.24) is 9.78 Å². The summed E-state index contributed by atoms with van der Waals surface area (Å²) in [5, 5.41) is 15.1. The van der Waals surface area contributed by atoms with Gasteiger partial charge in [0.25, 0.3) is 5.69 Å². The molecule has 0 saturated heterocycles. The number of para-hydroxylation sites is 1. The van der Waals surface area contributed by atoms with Crippen molar-refractivity contribution in [3.63, 3.8) is 0 Å². The molecule has 7 nitrogen and oxygen atoms in total. The SMILES string of the molecule is Cc1nn(-c2ccccc2)c(Oc2ccc([N+](=O)[O-])cc2)c1C=O. The lowest BCUT2D eigenvalue weighted by Crippen LogP contribution is -2.00. The number of benzene rings is 2. The molecule has 0 aliphatic heterocycles. The maximum absolute atomic E-state index is 11.4. The minimum Gasteiger partial charge on any atom is -0.438 e. The molecule has 0 aliphatic carbocycles. The highest BCUT2D eigenvalue weighted by molar-refractivity contribution is 5.80. The molecule has 1 aromatic heterocycles. The van der Waals surface area contributed by atoms with Gasteiger partial charge in [-0.3, -0.25) is 14.9 Å². The number of nitro groups is 1. The van der Waals surface area contributed by atoms with Crippen LogP contribution < -0.4 is 4.74 Å². The number of hydrogen-bond donors (Lipinski definition) is 0. The molecular weight excluding hydrogens is 310 g/mol. The fraction of sp³-hybridized carbons (Fsp3) is 0.0588. The molecule has 0 saturated carbocycles. The van der Waals surface area contributed by atoms with E-state index in [1.54, 1.807) is 6.92 Å². The van der Waals surface area contributed by atoms with Gasteiger partial charge < -0.3 is 4.74 Å². The minimum absolute atomic E-state index is 0.0364. The van der Waals surface area contributed by atoms with Crippen molar-refractivity contribution < 1.29 is 14.5 Å². The van der Waals surface area contributed by atoms with Crippen LogP contribution in [-0.4, -0.2) is 21.0 Å². The van der Waals surface area contributed by atoms with E-state index < -0.39 is 4.92 Å². The lowest BCUT2D eigenvalue weighted by Gasteiger charge is -2.09. The fourth-order valence-electron chi connectivity index (χ4n) is 2.24. The van der Waals surface area contributed by atoms with E-state index in [9.17, 15) is 14.9 Å². The van der Waals surface area contributed by atoms with Crippen LogP contribution in [0.4, 0.5) is 5.69 Å². The topological polar surface area (TPSA) is 87.3 Å². The Hall–Kier alpha value is -3.48. The fourth-order valence-corrected chi connectivity index (χ4v) is 2.24. The van der Waals surface area contributed by atoms with Crippen LogP contribution in [0.3, 0.4) is 0 Å². The Kier molecular flexibility index (Phi) is 4.07. The van der Waals surface area contributed by atoms with Crippen LogP contribution in [0.25, 0.3) is 5.69 Å². The molecule has 0 bridgehead atoms. The summed E-state index contributed by atoms with van der Waals surface area (Å²) in [4.78, 5) is 21.6. The summed E-state index contributed by atoms with van der Waals surface area (Å²) in [6.45, 7) is 1.71. The Morgan fingerprint density at radius 1 is 1.12 bits per heavy atom. The zero-order chi connectivity index (χ0) is 17.1. The number of aldehydes is 1.